The van der Waals surface area contributed by atoms with Crippen LogP contribution < -0.4 is 5.32 Å². The number of aromatic nitrogens is 1. The normalized spacial score (nSPS) is 10.5. The number of benzene rings is 2. The summed E-state index contributed by atoms with van der Waals surface area (Å²) in [4.78, 5) is 39.3. The summed E-state index contributed by atoms with van der Waals surface area (Å²) in [6, 6.07) is 9.51. The summed E-state index contributed by atoms with van der Waals surface area (Å²) in [6.45, 7) is 3.69. The number of aryl methyl sites for hydroxylation is 2. The number of halogens is 1. The second kappa shape index (κ2) is 9.67. The number of nitrogens with zero attached hydrogens (tertiary/aromatic N) is 2. The smallest absolute Gasteiger partial charge is 0.345 e. The number of nitrogens with one attached hydrogen (secondary N) is 1. The minimum absolute atomic E-state index is 0.0780. The van der Waals surface area contributed by atoms with Gasteiger partial charge in [0.2, 0.25) is 5.91 Å². The van der Waals surface area contributed by atoms with Crippen LogP contribution in [-0.2, 0) is 22.6 Å². The van der Waals surface area contributed by atoms with E-state index in [0.29, 0.717) is 10.7 Å². The maximum Gasteiger partial charge on any atom is 0.345 e. The van der Waals surface area contributed by atoms with E-state index in [4.69, 9.17) is 16.3 Å². The molecule has 0 atom stereocenters. The van der Waals surface area contributed by atoms with Crippen LogP contribution in [0.15, 0.2) is 41.8 Å². The highest BCUT2D eigenvalue weighted by atomic mass is 35.5. The van der Waals surface area contributed by atoms with Gasteiger partial charge < -0.3 is 10.1 Å². The molecule has 8 nitrogen and oxygen atoms in total. The maximum absolute atomic E-state index is 12.3. The molecule has 0 bridgehead atoms. The van der Waals surface area contributed by atoms with E-state index >= 15 is 0 Å². The summed E-state index contributed by atoms with van der Waals surface area (Å²) in [6.07, 6.45) is 0.0780. The molecule has 1 amide bonds. The zero-order valence-corrected chi connectivity index (χ0v) is 18.2. The number of rotatable bonds is 7. The number of hydrogen-bond donors (Lipinski definition) is 1. The van der Waals surface area contributed by atoms with Crippen LogP contribution in [0.5, 0.6) is 0 Å². The Labute approximate surface area is 187 Å². The molecular formula is C21H18ClN3O5S. The highest BCUT2D eigenvalue weighted by molar-refractivity contribution is 7.09. The third-order valence-corrected chi connectivity index (χ3v) is 5.44. The number of nitro benzene ring substituents is 1. The zero-order chi connectivity index (χ0) is 22.5. The van der Waals surface area contributed by atoms with Crippen molar-refractivity contribution < 1.29 is 19.2 Å². The molecule has 160 valence electrons. The van der Waals surface area contributed by atoms with E-state index in [-0.39, 0.29) is 29.5 Å². The summed E-state index contributed by atoms with van der Waals surface area (Å²) in [5.41, 5.74) is 2.57. The molecule has 2 aromatic carbocycles. The fourth-order valence-corrected chi connectivity index (χ4v) is 3.69. The number of carbonyl (C=O) groups is 2. The first-order valence-electron chi connectivity index (χ1n) is 9.14. The van der Waals surface area contributed by atoms with Gasteiger partial charge in [-0.1, -0.05) is 23.7 Å². The van der Waals surface area contributed by atoms with Gasteiger partial charge in [0.05, 0.1) is 17.0 Å². The van der Waals surface area contributed by atoms with Crippen molar-refractivity contribution in [3.05, 3.63) is 84.3 Å². The van der Waals surface area contributed by atoms with E-state index in [0.717, 1.165) is 22.9 Å². The van der Waals surface area contributed by atoms with Gasteiger partial charge in [0.25, 0.3) is 5.69 Å². The van der Waals surface area contributed by atoms with Crippen molar-refractivity contribution in [2.24, 2.45) is 0 Å². The Kier molecular flexibility index (Phi) is 6.98. The lowest BCUT2D eigenvalue weighted by Crippen LogP contribution is -2.15. The van der Waals surface area contributed by atoms with Gasteiger partial charge in [-0.25, -0.2) is 9.78 Å². The molecule has 31 heavy (non-hydrogen) atoms. The standard InChI is InChI=1S/C21H18ClN3O5S/c1-12-3-4-13(2)17(7-12)24-19(26)9-20-23-15(11-31-20)10-30-21(27)16-6-5-14(22)8-18(16)25(28)29/h3-8,11H,9-10H2,1-2H3,(H,24,26). The molecule has 0 spiro atoms. The Morgan fingerprint density at radius 2 is 2.00 bits per heavy atom. The van der Waals surface area contributed by atoms with Crippen molar-refractivity contribution in [1.82, 2.24) is 4.98 Å². The van der Waals surface area contributed by atoms with Crippen molar-refractivity contribution in [2.45, 2.75) is 26.9 Å². The average Bonchev–Trinajstić information content (AvgIpc) is 3.16. The number of carbonyl (C=O) groups excluding carboxylic acids is 2. The first-order valence-corrected chi connectivity index (χ1v) is 10.4. The summed E-state index contributed by atoms with van der Waals surface area (Å²) in [5, 5.41) is 16.4. The Balaban J connectivity index is 1.59. The van der Waals surface area contributed by atoms with Crippen molar-refractivity contribution in [3.8, 4) is 0 Å². The molecule has 0 fully saturated rings. The van der Waals surface area contributed by atoms with E-state index in [1.807, 2.05) is 32.0 Å². The number of thiazole rings is 1. The molecule has 0 aliphatic rings. The lowest BCUT2D eigenvalue weighted by Gasteiger charge is -2.08. The van der Waals surface area contributed by atoms with Crippen molar-refractivity contribution in [1.29, 1.82) is 0 Å². The number of hydrogen-bond acceptors (Lipinski definition) is 7. The maximum atomic E-state index is 12.3. The summed E-state index contributed by atoms with van der Waals surface area (Å²) < 4.78 is 5.14. The van der Waals surface area contributed by atoms with E-state index in [9.17, 15) is 19.7 Å². The monoisotopic (exact) mass is 459 g/mol. The third kappa shape index (κ3) is 5.87. The topological polar surface area (TPSA) is 111 Å². The predicted octanol–water partition coefficient (Wildman–Crippen LogP) is 4.86. The third-order valence-electron chi connectivity index (χ3n) is 4.31. The fourth-order valence-electron chi connectivity index (χ4n) is 2.74. The first-order chi connectivity index (χ1) is 14.7. The van der Waals surface area contributed by atoms with Gasteiger partial charge in [-0.3, -0.25) is 14.9 Å². The summed E-state index contributed by atoms with van der Waals surface area (Å²) >= 11 is 7.02. The number of nitro groups is 1. The van der Waals surface area contributed by atoms with Crippen LogP contribution in [-0.4, -0.2) is 21.8 Å². The van der Waals surface area contributed by atoms with Crippen LogP contribution in [0.4, 0.5) is 11.4 Å². The highest BCUT2D eigenvalue weighted by Crippen LogP contribution is 2.24. The molecule has 0 unspecified atom stereocenters. The largest absolute Gasteiger partial charge is 0.455 e. The fraction of sp³-hybridized carbons (Fsp3) is 0.190. The lowest BCUT2D eigenvalue weighted by atomic mass is 10.1. The average molecular weight is 460 g/mol. The van der Waals surface area contributed by atoms with Gasteiger partial charge in [0.15, 0.2) is 0 Å². The van der Waals surface area contributed by atoms with E-state index < -0.39 is 16.6 Å². The SMILES string of the molecule is Cc1ccc(C)c(NC(=O)Cc2nc(COC(=O)c3ccc(Cl)cc3[N+](=O)[O-])cs2)c1. The van der Waals surface area contributed by atoms with Gasteiger partial charge in [0, 0.05) is 22.2 Å². The van der Waals surface area contributed by atoms with Crippen molar-refractivity contribution >= 4 is 46.2 Å². The van der Waals surface area contributed by atoms with Gasteiger partial charge in [-0.05, 0) is 43.2 Å². The lowest BCUT2D eigenvalue weighted by molar-refractivity contribution is -0.385. The Morgan fingerprint density at radius 1 is 1.23 bits per heavy atom. The van der Waals surface area contributed by atoms with Crippen LogP contribution in [0.1, 0.15) is 32.2 Å². The van der Waals surface area contributed by atoms with Gasteiger partial charge >= 0.3 is 5.97 Å². The quantitative estimate of drug-likeness (QED) is 0.307. The van der Waals surface area contributed by atoms with Gasteiger partial charge in [0.1, 0.15) is 17.2 Å². The molecule has 10 heteroatoms. The molecule has 0 radical (unpaired) electrons. The van der Waals surface area contributed by atoms with Crippen LogP contribution in [0, 0.1) is 24.0 Å². The molecular weight excluding hydrogens is 442 g/mol. The second-order valence-corrected chi connectivity index (χ2v) is 8.15. The molecule has 3 rings (SSSR count). The number of anilines is 1. The van der Waals surface area contributed by atoms with Gasteiger partial charge in [-0.15, -0.1) is 11.3 Å². The predicted molar refractivity (Wildman–Crippen MR) is 118 cm³/mol. The van der Waals surface area contributed by atoms with E-state index in [2.05, 4.69) is 10.3 Å². The van der Waals surface area contributed by atoms with Crippen LogP contribution in [0.2, 0.25) is 5.02 Å². The van der Waals surface area contributed by atoms with Crippen LogP contribution in [0.3, 0.4) is 0 Å². The van der Waals surface area contributed by atoms with Gasteiger partial charge in [-0.2, -0.15) is 0 Å². The number of amides is 1. The van der Waals surface area contributed by atoms with Crippen molar-refractivity contribution in [3.63, 3.8) is 0 Å². The molecule has 3 aromatic rings. The van der Waals surface area contributed by atoms with Crippen LogP contribution >= 0.6 is 22.9 Å². The summed E-state index contributed by atoms with van der Waals surface area (Å²) in [5.74, 6) is -1.06. The second-order valence-electron chi connectivity index (χ2n) is 6.77. The molecule has 0 saturated heterocycles. The van der Waals surface area contributed by atoms with E-state index in [1.54, 1.807) is 5.38 Å². The minimum atomic E-state index is -0.856. The first kappa shape index (κ1) is 22.4. The summed E-state index contributed by atoms with van der Waals surface area (Å²) in [7, 11) is 0. The zero-order valence-electron chi connectivity index (χ0n) is 16.7. The molecule has 1 N–H and O–H groups in total. The molecule has 0 aliphatic carbocycles. The van der Waals surface area contributed by atoms with Crippen molar-refractivity contribution in [2.75, 3.05) is 5.32 Å². The minimum Gasteiger partial charge on any atom is -0.455 e. The molecule has 0 saturated carbocycles. The molecule has 0 aliphatic heterocycles. The molecule has 1 aromatic heterocycles. The Bertz CT molecular complexity index is 1160. The number of ether oxygens (including phenoxy) is 1. The van der Waals surface area contributed by atoms with E-state index in [1.165, 1.54) is 23.5 Å². The Morgan fingerprint density at radius 3 is 2.74 bits per heavy atom. The molecule has 1 heterocycles. The number of esters is 1. The van der Waals surface area contributed by atoms with Crippen LogP contribution in [0.25, 0.3) is 0 Å². The Hall–Kier alpha value is -3.30. The highest BCUT2D eigenvalue weighted by Gasteiger charge is 2.22.